The van der Waals surface area contributed by atoms with Gasteiger partial charge in [0.15, 0.2) is 0 Å². The molecule has 0 amide bonds. The average Bonchev–Trinajstić information content (AvgIpc) is 2.04. The first-order valence-electron chi connectivity index (χ1n) is 4.26. The van der Waals surface area contributed by atoms with E-state index in [4.69, 9.17) is 10.2 Å². The largest absolute Gasteiger partial charge is 0.393 e. The van der Waals surface area contributed by atoms with E-state index in [0.717, 1.165) is 6.42 Å². The van der Waals surface area contributed by atoms with Crippen molar-refractivity contribution in [3.63, 3.8) is 0 Å². The molecule has 0 aliphatic rings. The van der Waals surface area contributed by atoms with Crippen LogP contribution in [-0.2, 0) is 0 Å². The molecule has 0 aromatic rings. The van der Waals surface area contributed by atoms with Crippen LogP contribution >= 0.6 is 0 Å². The average molecular weight is 158 g/mol. The molecular formula is C9H18O2. The van der Waals surface area contributed by atoms with Crippen LogP contribution in [0.1, 0.15) is 32.6 Å². The van der Waals surface area contributed by atoms with Crippen molar-refractivity contribution in [2.24, 2.45) is 0 Å². The van der Waals surface area contributed by atoms with Crippen LogP contribution in [0.2, 0.25) is 0 Å². The molecule has 1 unspecified atom stereocenters. The Hall–Kier alpha value is -0.340. The van der Waals surface area contributed by atoms with E-state index in [9.17, 15) is 0 Å². The number of rotatable bonds is 6. The monoisotopic (exact) mass is 158 g/mol. The van der Waals surface area contributed by atoms with Crippen LogP contribution in [0.5, 0.6) is 0 Å². The van der Waals surface area contributed by atoms with E-state index in [1.807, 2.05) is 6.08 Å². The Morgan fingerprint density at radius 1 is 1.36 bits per heavy atom. The lowest BCUT2D eigenvalue weighted by atomic mass is 10.2. The lowest BCUT2D eigenvalue weighted by Gasteiger charge is -1.97. The molecule has 0 aromatic carbocycles. The Morgan fingerprint density at radius 2 is 2.09 bits per heavy atom. The van der Waals surface area contributed by atoms with E-state index in [0.29, 0.717) is 0 Å². The van der Waals surface area contributed by atoms with Gasteiger partial charge in [-0.15, -0.1) is 0 Å². The maximum Gasteiger partial charge on any atom is 0.0951 e. The molecular weight excluding hydrogens is 140 g/mol. The quantitative estimate of drug-likeness (QED) is 0.454. The normalized spacial score (nSPS) is 14.1. The minimum atomic E-state index is -0.670. The maximum absolute atomic E-state index is 8.88. The fraction of sp³-hybridized carbons (Fsp3) is 0.778. The van der Waals surface area contributed by atoms with E-state index in [1.54, 1.807) is 6.08 Å². The molecule has 0 spiro atoms. The molecule has 0 heterocycles. The molecule has 1 atom stereocenters. The molecule has 0 radical (unpaired) electrons. The third kappa shape index (κ3) is 7.56. The van der Waals surface area contributed by atoms with Gasteiger partial charge in [-0.1, -0.05) is 31.9 Å². The van der Waals surface area contributed by atoms with Gasteiger partial charge in [-0.3, -0.25) is 0 Å². The van der Waals surface area contributed by atoms with Crippen LogP contribution in [0.3, 0.4) is 0 Å². The van der Waals surface area contributed by atoms with Crippen LogP contribution < -0.4 is 0 Å². The molecule has 0 saturated heterocycles. The third-order valence-electron chi connectivity index (χ3n) is 1.52. The van der Waals surface area contributed by atoms with Gasteiger partial charge >= 0.3 is 0 Å². The predicted molar refractivity (Wildman–Crippen MR) is 46.4 cm³/mol. The lowest BCUT2D eigenvalue weighted by molar-refractivity contribution is 0.131. The molecule has 0 aliphatic heterocycles. The van der Waals surface area contributed by atoms with Gasteiger partial charge in [0.1, 0.15) is 0 Å². The molecule has 11 heavy (non-hydrogen) atoms. The van der Waals surface area contributed by atoms with Crippen molar-refractivity contribution in [3.8, 4) is 0 Å². The molecule has 0 aliphatic carbocycles. The molecule has 2 N–H and O–H groups in total. The van der Waals surface area contributed by atoms with E-state index in [1.165, 1.54) is 19.3 Å². The van der Waals surface area contributed by atoms with Crippen molar-refractivity contribution in [1.29, 1.82) is 0 Å². The van der Waals surface area contributed by atoms with Crippen LogP contribution in [0.4, 0.5) is 0 Å². The summed E-state index contributed by atoms with van der Waals surface area (Å²) in [5.74, 6) is 0. The predicted octanol–water partition coefficient (Wildman–Crippen LogP) is 1.48. The summed E-state index contributed by atoms with van der Waals surface area (Å²) >= 11 is 0. The highest BCUT2D eigenvalue weighted by Gasteiger charge is 1.91. The Balaban J connectivity index is 3.15. The number of unbranched alkanes of at least 4 members (excludes halogenated alkanes) is 3. The first-order valence-corrected chi connectivity index (χ1v) is 4.26. The first-order chi connectivity index (χ1) is 5.31. The van der Waals surface area contributed by atoms with Crippen molar-refractivity contribution in [1.82, 2.24) is 0 Å². The number of hydrogen-bond donors (Lipinski definition) is 2. The van der Waals surface area contributed by atoms with Gasteiger partial charge in [0.2, 0.25) is 0 Å². The summed E-state index contributed by atoms with van der Waals surface area (Å²) in [5, 5.41) is 17.3. The van der Waals surface area contributed by atoms with Gasteiger partial charge in [0.25, 0.3) is 0 Å². The molecule has 0 saturated carbocycles. The second-order valence-corrected chi connectivity index (χ2v) is 2.67. The highest BCUT2D eigenvalue weighted by Crippen LogP contribution is 1.99. The standard InChI is InChI=1S/C9H18O2/c1-2-3-4-5-6-7-9(11)8-10/h6-7,9-11H,2-5,8H2,1H3/b7-6-. The van der Waals surface area contributed by atoms with Gasteiger partial charge in [0.05, 0.1) is 12.7 Å². The number of aliphatic hydroxyl groups is 2. The summed E-state index contributed by atoms with van der Waals surface area (Å²) < 4.78 is 0. The van der Waals surface area contributed by atoms with Crippen molar-refractivity contribution >= 4 is 0 Å². The summed E-state index contributed by atoms with van der Waals surface area (Å²) in [6.07, 6.45) is 7.54. The fourth-order valence-electron chi connectivity index (χ4n) is 0.826. The number of hydrogen-bond acceptors (Lipinski definition) is 2. The van der Waals surface area contributed by atoms with Crippen LogP contribution in [-0.4, -0.2) is 22.9 Å². The summed E-state index contributed by atoms with van der Waals surface area (Å²) in [5.41, 5.74) is 0. The fourth-order valence-corrected chi connectivity index (χ4v) is 0.826. The Kier molecular flexibility index (Phi) is 7.52. The lowest BCUT2D eigenvalue weighted by Crippen LogP contribution is -2.06. The summed E-state index contributed by atoms with van der Waals surface area (Å²) in [7, 11) is 0. The zero-order valence-electron chi connectivity index (χ0n) is 7.16. The third-order valence-corrected chi connectivity index (χ3v) is 1.52. The van der Waals surface area contributed by atoms with Gasteiger partial charge in [-0.25, -0.2) is 0 Å². The highest BCUT2D eigenvalue weighted by atomic mass is 16.3. The molecule has 66 valence electrons. The molecule has 2 nitrogen and oxygen atoms in total. The number of aliphatic hydroxyl groups excluding tert-OH is 2. The first kappa shape index (κ1) is 10.7. The molecule has 2 heteroatoms. The van der Waals surface area contributed by atoms with Crippen molar-refractivity contribution in [2.75, 3.05) is 6.61 Å². The Labute approximate surface area is 68.6 Å². The summed E-state index contributed by atoms with van der Waals surface area (Å²) in [6.45, 7) is 1.98. The molecule has 0 bridgehead atoms. The zero-order chi connectivity index (χ0) is 8.53. The Bertz CT molecular complexity index is 99.7. The second kappa shape index (κ2) is 7.76. The van der Waals surface area contributed by atoms with Gasteiger partial charge < -0.3 is 10.2 Å². The number of allylic oxidation sites excluding steroid dienone is 1. The van der Waals surface area contributed by atoms with Crippen molar-refractivity contribution in [3.05, 3.63) is 12.2 Å². The van der Waals surface area contributed by atoms with Crippen LogP contribution in [0, 0.1) is 0 Å². The Morgan fingerprint density at radius 3 is 2.64 bits per heavy atom. The highest BCUT2D eigenvalue weighted by molar-refractivity contribution is 4.87. The molecule has 0 aromatic heterocycles. The van der Waals surface area contributed by atoms with E-state index < -0.39 is 6.10 Å². The summed E-state index contributed by atoms with van der Waals surface area (Å²) in [6, 6.07) is 0. The zero-order valence-corrected chi connectivity index (χ0v) is 7.16. The van der Waals surface area contributed by atoms with Crippen LogP contribution in [0.25, 0.3) is 0 Å². The minimum absolute atomic E-state index is 0.176. The molecule has 0 rings (SSSR count). The topological polar surface area (TPSA) is 40.5 Å². The van der Waals surface area contributed by atoms with Gasteiger partial charge in [-0.2, -0.15) is 0 Å². The van der Waals surface area contributed by atoms with Gasteiger partial charge in [0, 0.05) is 0 Å². The van der Waals surface area contributed by atoms with Crippen molar-refractivity contribution in [2.45, 2.75) is 38.7 Å². The smallest absolute Gasteiger partial charge is 0.0951 e. The maximum atomic E-state index is 8.88. The second-order valence-electron chi connectivity index (χ2n) is 2.67. The van der Waals surface area contributed by atoms with Crippen molar-refractivity contribution < 1.29 is 10.2 Å². The van der Waals surface area contributed by atoms with E-state index in [2.05, 4.69) is 6.92 Å². The SMILES string of the molecule is CCCCC/C=C\C(O)CO. The minimum Gasteiger partial charge on any atom is -0.393 e. The van der Waals surface area contributed by atoms with Crippen LogP contribution in [0.15, 0.2) is 12.2 Å². The molecule has 0 fully saturated rings. The van der Waals surface area contributed by atoms with E-state index in [-0.39, 0.29) is 6.61 Å². The van der Waals surface area contributed by atoms with E-state index >= 15 is 0 Å². The van der Waals surface area contributed by atoms with Gasteiger partial charge in [-0.05, 0) is 12.8 Å². The summed E-state index contributed by atoms with van der Waals surface area (Å²) in [4.78, 5) is 0.